The number of nitrogens with one attached hydrogen (secondary N) is 1. The Morgan fingerprint density at radius 2 is 1.68 bits per heavy atom. The van der Waals surface area contributed by atoms with Gasteiger partial charge >= 0.3 is 0 Å². The lowest BCUT2D eigenvalue weighted by molar-refractivity contribution is -0.146. The molecule has 164 valence electrons. The average Bonchev–Trinajstić information content (AvgIpc) is 2.78. The van der Waals surface area contributed by atoms with Crippen LogP contribution in [0.25, 0.3) is 11.1 Å². The molecule has 0 spiro atoms. The number of carbonyl (C=O) groups is 2. The number of benzene rings is 2. The summed E-state index contributed by atoms with van der Waals surface area (Å²) in [5.41, 5.74) is 2.82. The lowest BCUT2D eigenvalue weighted by Crippen LogP contribution is -2.55. The predicted octanol–water partition coefficient (Wildman–Crippen LogP) is 4.06. The Labute approximate surface area is 184 Å². The van der Waals surface area contributed by atoms with Crippen LogP contribution in [0.1, 0.15) is 37.7 Å². The monoisotopic (exact) mass is 420 g/mol. The van der Waals surface area contributed by atoms with Crippen molar-refractivity contribution in [2.75, 3.05) is 27.2 Å². The van der Waals surface area contributed by atoms with Gasteiger partial charge in [0.15, 0.2) is 0 Å². The molecule has 2 aromatic rings. The van der Waals surface area contributed by atoms with Crippen molar-refractivity contribution in [2.45, 2.75) is 38.5 Å². The first-order valence-electron chi connectivity index (χ1n) is 11.3. The second-order valence-electron chi connectivity index (χ2n) is 8.95. The Bertz CT molecular complexity index is 919. The molecule has 0 aromatic heterocycles. The number of methoxy groups -OCH3 is 1. The van der Waals surface area contributed by atoms with Gasteiger partial charge in [-0.1, -0.05) is 42.8 Å². The first-order valence-corrected chi connectivity index (χ1v) is 11.3. The minimum atomic E-state index is -0.561. The number of amides is 2. The molecule has 0 unspecified atom stereocenters. The molecule has 1 saturated heterocycles. The zero-order valence-electron chi connectivity index (χ0n) is 18.5. The first-order chi connectivity index (χ1) is 15.0. The summed E-state index contributed by atoms with van der Waals surface area (Å²) < 4.78 is 5.24. The van der Waals surface area contributed by atoms with Crippen molar-refractivity contribution in [3.05, 3.63) is 54.1 Å². The SMILES string of the molecule is CNC(=O)[C@@]1(Cc2ccc(-c3ccc(OC)cc3)cc2)CCCN(C(=O)C2CCC2)C1. The van der Waals surface area contributed by atoms with E-state index in [1.807, 2.05) is 29.2 Å². The number of rotatable bonds is 6. The fourth-order valence-electron chi connectivity index (χ4n) is 4.90. The largest absolute Gasteiger partial charge is 0.497 e. The number of carbonyl (C=O) groups excluding carboxylic acids is 2. The van der Waals surface area contributed by atoms with Crippen molar-refractivity contribution < 1.29 is 14.3 Å². The minimum Gasteiger partial charge on any atom is -0.497 e. The van der Waals surface area contributed by atoms with Crippen molar-refractivity contribution >= 4 is 11.8 Å². The van der Waals surface area contributed by atoms with E-state index >= 15 is 0 Å². The van der Waals surface area contributed by atoms with Gasteiger partial charge in [-0.2, -0.15) is 0 Å². The summed E-state index contributed by atoms with van der Waals surface area (Å²) in [4.78, 5) is 27.8. The molecule has 1 atom stereocenters. The van der Waals surface area contributed by atoms with Crippen LogP contribution in [-0.2, 0) is 16.0 Å². The van der Waals surface area contributed by atoms with Crippen molar-refractivity contribution in [1.29, 1.82) is 0 Å². The third-order valence-corrected chi connectivity index (χ3v) is 6.97. The Morgan fingerprint density at radius 1 is 1.03 bits per heavy atom. The van der Waals surface area contributed by atoms with Crippen LogP contribution >= 0.6 is 0 Å². The van der Waals surface area contributed by atoms with E-state index in [0.29, 0.717) is 13.0 Å². The number of nitrogens with zero attached hydrogens (tertiary/aromatic N) is 1. The molecule has 1 N–H and O–H groups in total. The van der Waals surface area contributed by atoms with Gasteiger partial charge in [0.25, 0.3) is 0 Å². The molecule has 0 bridgehead atoms. The summed E-state index contributed by atoms with van der Waals surface area (Å²) in [6, 6.07) is 16.4. The highest BCUT2D eigenvalue weighted by Gasteiger charge is 2.44. The highest BCUT2D eigenvalue weighted by Crippen LogP contribution is 2.37. The molecular weight excluding hydrogens is 388 g/mol. The summed E-state index contributed by atoms with van der Waals surface area (Å²) in [7, 11) is 3.36. The molecule has 1 aliphatic heterocycles. The number of hydrogen-bond acceptors (Lipinski definition) is 3. The van der Waals surface area contributed by atoms with Crippen LogP contribution in [0.15, 0.2) is 48.5 Å². The van der Waals surface area contributed by atoms with E-state index in [2.05, 4.69) is 29.6 Å². The van der Waals surface area contributed by atoms with Crippen LogP contribution in [0, 0.1) is 11.3 Å². The molecule has 5 nitrogen and oxygen atoms in total. The van der Waals surface area contributed by atoms with Gasteiger partial charge in [0.2, 0.25) is 11.8 Å². The molecule has 1 heterocycles. The summed E-state index contributed by atoms with van der Waals surface area (Å²) >= 11 is 0. The van der Waals surface area contributed by atoms with Crippen LogP contribution in [0.5, 0.6) is 5.75 Å². The van der Waals surface area contributed by atoms with Gasteiger partial charge in [-0.25, -0.2) is 0 Å². The lowest BCUT2D eigenvalue weighted by Gasteiger charge is -2.43. The number of hydrogen-bond donors (Lipinski definition) is 1. The fourth-order valence-corrected chi connectivity index (χ4v) is 4.90. The van der Waals surface area contributed by atoms with Gasteiger partial charge in [-0.15, -0.1) is 0 Å². The maximum atomic E-state index is 13.0. The van der Waals surface area contributed by atoms with E-state index in [-0.39, 0.29) is 17.7 Å². The molecule has 2 fully saturated rings. The fraction of sp³-hybridized carbons (Fsp3) is 0.462. The van der Waals surface area contributed by atoms with E-state index in [4.69, 9.17) is 4.74 Å². The van der Waals surface area contributed by atoms with Gasteiger partial charge in [-0.3, -0.25) is 9.59 Å². The molecule has 4 rings (SSSR count). The maximum absolute atomic E-state index is 13.0. The van der Waals surface area contributed by atoms with Crippen molar-refractivity contribution in [2.24, 2.45) is 11.3 Å². The molecule has 2 aliphatic rings. The molecule has 1 aliphatic carbocycles. The zero-order valence-corrected chi connectivity index (χ0v) is 18.5. The Hall–Kier alpha value is -2.82. The van der Waals surface area contributed by atoms with Crippen molar-refractivity contribution in [1.82, 2.24) is 10.2 Å². The Morgan fingerprint density at radius 3 is 2.23 bits per heavy atom. The zero-order chi connectivity index (χ0) is 21.8. The van der Waals surface area contributed by atoms with Gasteiger partial charge in [-0.05, 0) is 60.9 Å². The van der Waals surface area contributed by atoms with Crippen LogP contribution in [-0.4, -0.2) is 44.0 Å². The standard InChI is InChI=1S/C26H32N2O3/c1-27-25(30)26(15-4-16-28(18-26)24(29)22-5-3-6-22)17-19-7-9-20(10-8-19)21-11-13-23(31-2)14-12-21/h7-14,22H,3-6,15-18H2,1-2H3,(H,27,30)/t26-/m1/s1. The molecule has 2 amide bonds. The summed E-state index contributed by atoms with van der Waals surface area (Å²) in [6.45, 7) is 1.28. The molecule has 31 heavy (non-hydrogen) atoms. The third kappa shape index (κ3) is 4.46. The molecule has 1 saturated carbocycles. The average molecular weight is 421 g/mol. The molecule has 2 aromatic carbocycles. The first kappa shape index (κ1) is 21.4. The maximum Gasteiger partial charge on any atom is 0.228 e. The molecule has 5 heteroatoms. The minimum absolute atomic E-state index is 0.0397. The van der Waals surface area contributed by atoms with E-state index in [0.717, 1.165) is 61.1 Å². The van der Waals surface area contributed by atoms with Gasteiger partial charge in [0, 0.05) is 26.1 Å². The van der Waals surface area contributed by atoms with E-state index in [9.17, 15) is 9.59 Å². The van der Waals surface area contributed by atoms with Crippen LogP contribution < -0.4 is 10.1 Å². The Kier molecular flexibility index (Phi) is 6.30. The van der Waals surface area contributed by atoms with E-state index < -0.39 is 5.41 Å². The quantitative estimate of drug-likeness (QED) is 0.767. The van der Waals surface area contributed by atoms with Gasteiger partial charge < -0.3 is 15.0 Å². The van der Waals surface area contributed by atoms with Crippen LogP contribution in [0.3, 0.4) is 0 Å². The second kappa shape index (κ2) is 9.13. The summed E-state index contributed by atoms with van der Waals surface area (Å²) in [5, 5.41) is 2.87. The Balaban J connectivity index is 1.52. The second-order valence-corrected chi connectivity index (χ2v) is 8.95. The smallest absolute Gasteiger partial charge is 0.228 e. The van der Waals surface area contributed by atoms with Crippen LogP contribution in [0.4, 0.5) is 0 Å². The van der Waals surface area contributed by atoms with Crippen LogP contribution in [0.2, 0.25) is 0 Å². The number of piperidine rings is 1. The normalized spacial score (nSPS) is 21.3. The molecule has 0 radical (unpaired) electrons. The van der Waals surface area contributed by atoms with Gasteiger partial charge in [0.1, 0.15) is 5.75 Å². The van der Waals surface area contributed by atoms with Gasteiger partial charge in [0.05, 0.1) is 12.5 Å². The summed E-state index contributed by atoms with van der Waals surface area (Å²) in [5.74, 6) is 1.29. The van der Waals surface area contributed by atoms with E-state index in [1.165, 1.54) is 0 Å². The van der Waals surface area contributed by atoms with Crippen molar-refractivity contribution in [3.63, 3.8) is 0 Å². The third-order valence-electron chi connectivity index (χ3n) is 6.97. The lowest BCUT2D eigenvalue weighted by atomic mass is 9.73. The number of likely N-dealkylation sites (tertiary alicyclic amines) is 1. The predicted molar refractivity (Wildman–Crippen MR) is 122 cm³/mol. The summed E-state index contributed by atoms with van der Waals surface area (Å²) in [6.07, 6.45) is 5.46. The highest BCUT2D eigenvalue weighted by atomic mass is 16.5. The topological polar surface area (TPSA) is 58.6 Å². The van der Waals surface area contributed by atoms with E-state index in [1.54, 1.807) is 14.2 Å². The molecular formula is C26H32N2O3. The number of ether oxygens (including phenoxy) is 1. The van der Waals surface area contributed by atoms with Crippen molar-refractivity contribution in [3.8, 4) is 16.9 Å². The highest BCUT2D eigenvalue weighted by molar-refractivity contribution is 5.85.